The van der Waals surface area contributed by atoms with Gasteiger partial charge in [-0.1, -0.05) is 0 Å². The van der Waals surface area contributed by atoms with Crippen LogP contribution in [0.2, 0.25) is 0 Å². The molecule has 19 heavy (non-hydrogen) atoms. The zero-order chi connectivity index (χ0) is 13.8. The molecule has 2 rings (SSSR count). The van der Waals surface area contributed by atoms with Crippen molar-refractivity contribution >= 4 is 11.9 Å². The number of likely N-dealkylation sites (tertiary alicyclic amines) is 1. The highest BCUT2D eigenvalue weighted by Gasteiger charge is 2.32. The smallest absolute Gasteiger partial charge is 0.332 e. The highest BCUT2D eigenvalue weighted by atomic mass is 16.5. The van der Waals surface area contributed by atoms with Crippen LogP contribution in [0.4, 0.5) is 0 Å². The molecule has 6 nitrogen and oxygen atoms in total. The van der Waals surface area contributed by atoms with E-state index in [0.29, 0.717) is 18.8 Å². The molecule has 0 aromatic rings. The predicted molar refractivity (Wildman–Crippen MR) is 68.5 cm³/mol. The summed E-state index contributed by atoms with van der Waals surface area (Å²) in [6.07, 6.45) is 3.28. The van der Waals surface area contributed by atoms with Crippen LogP contribution in [0.5, 0.6) is 0 Å². The quantitative estimate of drug-likeness (QED) is 0.744. The number of primary amides is 1. The van der Waals surface area contributed by atoms with E-state index >= 15 is 0 Å². The Labute approximate surface area is 112 Å². The zero-order valence-electron chi connectivity index (χ0n) is 11.1. The highest BCUT2D eigenvalue weighted by Crippen LogP contribution is 2.24. The van der Waals surface area contributed by atoms with E-state index in [2.05, 4.69) is 4.90 Å². The molecule has 2 aliphatic rings. The summed E-state index contributed by atoms with van der Waals surface area (Å²) < 4.78 is 5.50. The van der Waals surface area contributed by atoms with E-state index in [0.717, 1.165) is 38.9 Å². The van der Waals surface area contributed by atoms with Crippen LogP contribution in [-0.2, 0) is 14.3 Å². The molecule has 0 spiro atoms. The van der Waals surface area contributed by atoms with Gasteiger partial charge in [0.1, 0.15) is 0 Å². The number of hydrogen-bond acceptors (Lipinski definition) is 4. The van der Waals surface area contributed by atoms with Crippen LogP contribution in [0.1, 0.15) is 32.1 Å². The van der Waals surface area contributed by atoms with Crippen molar-refractivity contribution < 1.29 is 19.4 Å². The molecule has 2 fully saturated rings. The fourth-order valence-corrected chi connectivity index (χ4v) is 2.97. The van der Waals surface area contributed by atoms with E-state index in [1.165, 1.54) is 0 Å². The van der Waals surface area contributed by atoms with Gasteiger partial charge in [-0.2, -0.15) is 0 Å². The van der Waals surface area contributed by atoms with Crippen LogP contribution in [0.15, 0.2) is 0 Å². The minimum Gasteiger partial charge on any atom is -0.479 e. The third-order valence-corrected chi connectivity index (χ3v) is 4.04. The Hall–Kier alpha value is -1.14. The van der Waals surface area contributed by atoms with Crippen molar-refractivity contribution in [3.05, 3.63) is 0 Å². The first-order valence-electron chi connectivity index (χ1n) is 6.93. The average molecular weight is 270 g/mol. The second-order valence-electron chi connectivity index (χ2n) is 5.58. The van der Waals surface area contributed by atoms with E-state index in [1.54, 1.807) is 0 Å². The Morgan fingerprint density at radius 3 is 2.42 bits per heavy atom. The van der Waals surface area contributed by atoms with E-state index in [1.807, 2.05) is 0 Å². The monoisotopic (exact) mass is 270 g/mol. The van der Waals surface area contributed by atoms with Crippen molar-refractivity contribution in [2.75, 3.05) is 19.6 Å². The van der Waals surface area contributed by atoms with Gasteiger partial charge >= 0.3 is 5.97 Å². The Balaban J connectivity index is 1.69. The number of nitrogens with zero attached hydrogens (tertiary/aromatic N) is 1. The molecule has 0 radical (unpaired) electrons. The molecule has 2 aliphatic heterocycles. The van der Waals surface area contributed by atoms with Crippen molar-refractivity contribution in [3.8, 4) is 0 Å². The molecule has 6 heteroatoms. The SMILES string of the molecule is NC(=O)CC1CCN(CC2CCC(C(=O)O)O2)CC1. The Kier molecular flexibility index (Phi) is 4.76. The number of hydrogen-bond donors (Lipinski definition) is 2. The van der Waals surface area contributed by atoms with Gasteiger partial charge in [0.15, 0.2) is 6.10 Å². The predicted octanol–water partition coefficient (Wildman–Crippen LogP) is 0.206. The molecule has 2 unspecified atom stereocenters. The molecule has 108 valence electrons. The molecular weight excluding hydrogens is 248 g/mol. The number of carbonyl (C=O) groups is 2. The number of ether oxygens (including phenoxy) is 1. The van der Waals surface area contributed by atoms with Crippen molar-refractivity contribution in [1.29, 1.82) is 0 Å². The number of aliphatic carboxylic acids is 1. The number of carboxylic acids is 1. The van der Waals surface area contributed by atoms with Gasteiger partial charge in [-0.3, -0.25) is 4.79 Å². The van der Waals surface area contributed by atoms with Gasteiger partial charge in [0.2, 0.25) is 5.91 Å². The van der Waals surface area contributed by atoms with Gasteiger partial charge in [0, 0.05) is 13.0 Å². The summed E-state index contributed by atoms with van der Waals surface area (Å²) in [4.78, 5) is 24.0. The summed E-state index contributed by atoms with van der Waals surface area (Å²) in [5.74, 6) is -0.672. The lowest BCUT2D eigenvalue weighted by Crippen LogP contribution is -2.39. The Morgan fingerprint density at radius 1 is 1.21 bits per heavy atom. The molecule has 2 saturated heterocycles. The molecule has 3 N–H and O–H groups in total. The van der Waals surface area contributed by atoms with Crippen molar-refractivity contribution in [2.45, 2.75) is 44.3 Å². The maximum absolute atomic E-state index is 10.9. The lowest BCUT2D eigenvalue weighted by molar-refractivity contribution is -0.149. The molecule has 2 heterocycles. The van der Waals surface area contributed by atoms with E-state index < -0.39 is 12.1 Å². The number of nitrogens with two attached hydrogens (primary N) is 1. The molecule has 0 aliphatic carbocycles. The first-order chi connectivity index (χ1) is 9.04. The summed E-state index contributed by atoms with van der Waals surface area (Å²) in [6.45, 7) is 2.68. The largest absolute Gasteiger partial charge is 0.479 e. The molecule has 2 atom stereocenters. The fraction of sp³-hybridized carbons (Fsp3) is 0.846. The number of carboxylic acid groups (broad SMARTS) is 1. The summed E-state index contributed by atoms with van der Waals surface area (Å²) in [6, 6.07) is 0. The first kappa shape index (κ1) is 14.3. The van der Waals surface area contributed by atoms with Crippen LogP contribution >= 0.6 is 0 Å². The normalized spacial score (nSPS) is 29.5. The average Bonchev–Trinajstić information content (AvgIpc) is 2.80. The van der Waals surface area contributed by atoms with Crippen LogP contribution in [0.3, 0.4) is 0 Å². The molecule has 0 bridgehead atoms. The van der Waals surface area contributed by atoms with E-state index in [4.69, 9.17) is 15.6 Å². The number of rotatable bonds is 5. The minimum atomic E-state index is -0.859. The van der Waals surface area contributed by atoms with Crippen LogP contribution in [0.25, 0.3) is 0 Å². The van der Waals surface area contributed by atoms with Crippen molar-refractivity contribution in [3.63, 3.8) is 0 Å². The first-order valence-corrected chi connectivity index (χ1v) is 6.93. The summed E-state index contributed by atoms with van der Waals surface area (Å²) >= 11 is 0. The van der Waals surface area contributed by atoms with E-state index in [9.17, 15) is 9.59 Å². The maximum atomic E-state index is 10.9. The topological polar surface area (TPSA) is 92.9 Å². The number of amides is 1. The fourth-order valence-electron chi connectivity index (χ4n) is 2.97. The summed E-state index contributed by atoms with van der Waals surface area (Å²) in [5.41, 5.74) is 5.21. The summed E-state index contributed by atoms with van der Waals surface area (Å²) in [7, 11) is 0. The lowest BCUT2D eigenvalue weighted by Gasteiger charge is -2.32. The summed E-state index contributed by atoms with van der Waals surface area (Å²) in [5, 5.41) is 8.87. The van der Waals surface area contributed by atoms with Gasteiger partial charge in [-0.15, -0.1) is 0 Å². The Bertz CT molecular complexity index is 340. The van der Waals surface area contributed by atoms with Crippen LogP contribution in [0, 0.1) is 5.92 Å². The molecule has 0 aromatic heterocycles. The highest BCUT2D eigenvalue weighted by molar-refractivity contribution is 5.74. The third kappa shape index (κ3) is 4.18. The van der Waals surface area contributed by atoms with Gasteiger partial charge in [0.05, 0.1) is 6.10 Å². The standard InChI is InChI=1S/C13H22N2O4/c14-12(16)7-9-3-5-15(6-4-9)8-10-1-2-11(19-10)13(17)18/h9-11H,1-8H2,(H2,14,16)(H,17,18). The molecule has 0 aromatic carbocycles. The number of piperidine rings is 1. The maximum Gasteiger partial charge on any atom is 0.332 e. The second kappa shape index (κ2) is 6.34. The third-order valence-electron chi connectivity index (χ3n) is 4.04. The van der Waals surface area contributed by atoms with Gasteiger partial charge < -0.3 is 20.5 Å². The lowest BCUT2D eigenvalue weighted by atomic mass is 9.93. The molecular formula is C13H22N2O4. The Morgan fingerprint density at radius 2 is 1.89 bits per heavy atom. The van der Waals surface area contributed by atoms with Crippen molar-refractivity contribution in [2.24, 2.45) is 11.7 Å². The van der Waals surface area contributed by atoms with Gasteiger partial charge in [-0.05, 0) is 44.7 Å². The zero-order valence-corrected chi connectivity index (χ0v) is 11.1. The van der Waals surface area contributed by atoms with Gasteiger partial charge in [-0.25, -0.2) is 4.79 Å². The molecule has 0 saturated carbocycles. The number of carbonyl (C=O) groups excluding carboxylic acids is 1. The van der Waals surface area contributed by atoms with Crippen LogP contribution in [-0.4, -0.2) is 53.7 Å². The second-order valence-corrected chi connectivity index (χ2v) is 5.58. The van der Waals surface area contributed by atoms with Gasteiger partial charge in [0.25, 0.3) is 0 Å². The minimum absolute atomic E-state index is 0.0359. The molecule has 1 amide bonds. The van der Waals surface area contributed by atoms with Crippen LogP contribution < -0.4 is 5.73 Å². The van der Waals surface area contributed by atoms with E-state index in [-0.39, 0.29) is 12.0 Å². The van der Waals surface area contributed by atoms with Crippen molar-refractivity contribution in [1.82, 2.24) is 4.90 Å².